The SMILES string of the molecule is C#Cc1nc(NC(=O)N2CCN(c3ccc(-c4ccccc4)cc3N3CC(O)C3)CC2)cs1. The predicted molar refractivity (Wildman–Crippen MR) is 133 cm³/mol. The van der Waals surface area contributed by atoms with E-state index >= 15 is 0 Å². The molecule has 8 heteroatoms. The largest absolute Gasteiger partial charge is 0.389 e. The summed E-state index contributed by atoms with van der Waals surface area (Å²) in [4.78, 5) is 23.2. The van der Waals surface area contributed by atoms with Gasteiger partial charge in [0.05, 0.1) is 17.5 Å². The molecule has 0 radical (unpaired) electrons. The molecule has 3 heterocycles. The van der Waals surface area contributed by atoms with Crippen molar-refractivity contribution in [1.82, 2.24) is 9.88 Å². The summed E-state index contributed by atoms with van der Waals surface area (Å²) in [5.74, 6) is 2.98. The zero-order chi connectivity index (χ0) is 22.8. The molecule has 2 aliphatic rings. The van der Waals surface area contributed by atoms with Gasteiger partial charge in [0.1, 0.15) is 5.82 Å². The first-order valence-corrected chi connectivity index (χ1v) is 11.8. The van der Waals surface area contributed by atoms with Gasteiger partial charge in [-0.3, -0.25) is 5.32 Å². The van der Waals surface area contributed by atoms with E-state index in [1.165, 1.54) is 16.9 Å². The van der Waals surface area contributed by atoms with Crippen molar-refractivity contribution >= 4 is 34.6 Å². The van der Waals surface area contributed by atoms with Crippen molar-refractivity contribution in [2.75, 3.05) is 54.4 Å². The van der Waals surface area contributed by atoms with Crippen molar-refractivity contribution in [2.24, 2.45) is 0 Å². The number of rotatable bonds is 4. The summed E-state index contributed by atoms with van der Waals surface area (Å²) in [7, 11) is 0. The summed E-state index contributed by atoms with van der Waals surface area (Å²) in [5.41, 5.74) is 4.59. The van der Waals surface area contributed by atoms with E-state index in [0.717, 1.165) is 30.0 Å². The third kappa shape index (κ3) is 4.51. The Balaban J connectivity index is 1.29. The molecule has 7 nitrogen and oxygen atoms in total. The Kier molecular flexibility index (Phi) is 5.90. The number of aromatic nitrogens is 1. The molecule has 2 amide bonds. The van der Waals surface area contributed by atoms with E-state index in [0.29, 0.717) is 37.0 Å². The first-order chi connectivity index (χ1) is 16.1. The second-order valence-electron chi connectivity index (χ2n) is 8.21. The van der Waals surface area contributed by atoms with Gasteiger partial charge in [-0.15, -0.1) is 17.8 Å². The number of anilines is 3. The van der Waals surface area contributed by atoms with Crippen molar-refractivity contribution in [3.63, 3.8) is 0 Å². The van der Waals surface area contributed by atoms with Gasteiger partial charge in [-0.25, -0.2) is 9.78 Å². The second-order valence-corrected chi connectivity index (χ2v) is 9.07. The van der Waals surface area contributed by atoms with Crippen molar-refractivity contribution in [3.8, 4) is 23.5 Å². The molecular formula is C25H25N5O2S. The molecule has 2 aromatic carbocycles. The van der Waals surface area contributed by atoms with Gasteiger partial charge in [-0.2, -0.15) is 0 Å². The minimum absolute atomic E-state index is 0.158. The number of amides is 2. The van der Waals surface area contributed by atoms with Gasteiger partial charge in [0, 0.05) is 44.6 Å². The van der Waals surface area contributed by atoms with Crippen LogP contribution in [0.4, 0.5) is 22.0 Å². The van der Waals surface area contributed by atoms with E-state index in [9.17, 15) is 9.90 Å². The fourth-order valence-electron chi connectivity index (χ4n) is 4.24. The quantitative estimate of drug-likeness (QED) is 0.586. The summed E-state index contributed by atoms with van der Waals surface area (Å²) >= 11 is 1.34. The van der Waals surface area contributed by atoms with Gasteiger partial charge in [0.25, 0.3) is 0 Å². The first-order valence-electron chi connectivity index (χ1n) is 11.0. The lowest BCUT2D eigenvalue weighted by atomic mass is 10.0. The molecule has 0 atom stereocenters. The maximum atomic E-state index is 12.6. The molecule has 0 saturated carbocycles. The number of thiazole rings is 1. The van der Waals surface area contributed by atoms with Crippen LogP contribution in [-0.2, 0) is 0 Å². The number of hydrogen-bond acceptors (Lipinski definition) is 6. The zero-order valence-corrected chi connectivity index (χ0v) is 19.0. The first kappa shape index (κ1) is 21.3. The molecule has 168 valence electrons. The molecule has 0 bridgehead atoms. The number of carbonyl (C=O) groups excluding carboxylic acids is 1. The number of aliphatic hydroxyl groups is 1. The number of aliphatic hydroxyl groups excluding tert-OH is 1. The standard InChI is InChI=1S/C25H25N5O2S/c1-2-24-26-23(17-33-24)27-25(32)29-12-10-28(11-13-29)21-9-8-19(18-6-4-3-5-7-18)14-22(21)30-15-20(31)16-30/h1,3-9,14,17,20,31H,10-13,15-16H2,(H,27,32). The third-order valence-electron chi connectivity index (χ3n) is 6.06. The van der Waals surface area contributed by atoms with Gasteiger partial charge in [-0.05, 0) is 29.2 Å². The van der Waals surface area contributed by atoms with E-state index in [4.69, 9.17) is 6.42 Å². The number of β-amino-alcohol motifs (C(OH)–C–C–N with tert-alkyl or cyclic N) is 1. The van der Waals surface area contributed by atoms with Crippen molar-refractivity contribution in [3.05, 3.63) is 58.9 Å². The molecule has 2 N–H and O–H groups in total. The van der Waals surface area contributed by atoms with Crippen LogP contribution >= 0.6 is 11.3 Å². The molecule has 0 aliphatic carbocycles. The molecule has 5 rings (SSSR count). The van der Waals surface area contributed by atoms with E-state index < -0.39 is 0 Å². The fraction of sp³-hybridized carbons (Fsp3) is 0.280. The summed E-state index contributed by atoms with van der Waals surface area (Å²) in [5, 5.41) is 15.0. The van der Waals surface area contributed by atoms with Crippen LogP contribution < -0.4 is 15.1 Å². The third-order valence-corrected chi connectivity index (χ3v) is 6.83. The highest BCUT2D eigenvalue weighted by molar-refractivity contribution is 7.10. The van der Waals surface area contributed by atoms with Gasteiger partial charge in [0.2, 0.25) is 0 Å². The zero-order valence-electron chi connectivity index (χ0n) is 18.1. The Morgan fingerprint density at radius 2 is 1.79 bits per heavy atom. The van der Waals surface area contributed by atoms with Crippen LogP contribution in [0.15, 0.2) is 53.9 Å². The number of urea groups is 1. The van der Waals surface area contributed by atoms with Gasteiger partial charge in [0.15, 0.2) is 5.01 Å². The van der Waals surface area contributed by atoms with Gasteiger partial charge >= 0.3 is 6.03 Å². The van der Waals surface area contributed by atoms with Crippen molar-refractivity contribution in [1.29, 1.82) is 0 Å². The van der Waals surface area contributed by atoms with Crippen molar-refractivity contribution < 1.29 is 9.90 Å². The number of benzene rings is 2. The van der Waals surface area contributed by atoms with Crippen LogP contribution in [0.1, 0.15) is 5.01 Å². The number of terminal acetylenes is 1. The Morgan fingerprint density at radius 3 is 2.45 bits per heavy atom. The number of carbonyl (C=O) groups is 1. The molecule has 33 heavy (non-hydrogen) atoms. The normalized spacial score (nSPS) is 16.3. The van der Waals surface area contributed by atoms with Crippen LogP contribution in [0.5, 0.6) is 0 Å². The van der Waals surface area contributed by atoms with E-state index in [1.807, 2.05) is 18.2 Å². The lowest BCUT2D eigenvalue weighted by Crippen LogP contribution is -2.53. The number of piperazine rings is 1. The lowest BCUT2D eigenvalue weighted by molar-refractivity contribution is 0.142. The molecule has 0 unspecified atom stereocenters. The van der Waals surface area contributed by atoms with Crippen LogP contribution in [-0.4, -0.2) is 66.4 Å². The monoisotopic (exact) mass is 459 g/mol. The van der Waals surface area contributed by atoms with Crippen LogP contribution in [0.25, 0.3) is 11.1 Å². The summed E-state index contributed by atoms with van der Waals surface area (Å²) in [6.07, 6.45) is 5.08. The highest BCUT2D eigenvalue weighted by atomic mass is 32.1. The summed E-state index contributed by atoms with van der Waals surface area (Å²) < 4.78 is 0. The summed E-state index contributed by atoms with van der Waals surface area (Å²) in [6.45, 7) is 3.96. The number of hydrogen-bond donors (Lipinski definition) is 2. The molecule has 3 aromatic rings. The van der Waals surface area contributed by atoms with Crippen molar-refractivity contribution in [2.45, 2.75) is 6.10 Å². The average Bonchev–Trinajstić information content (AvgIpc) is 3.30. The topological polar surface area (TPSA) is 71.9 Å². The number of nitrogens with zero attached hydrogens (tertiary/aromatic N) is 4. The molecular weight excluding hydrogens is 434 g/mol. The Morgan fingerprint density at radius 1 is 1.03 bits per heavy atom. The number of nitrogens with one attached hydrogen (secondary N) is 1. The molecule has 2 fully saturated rings. The van der Waals surface area contributed by atoms with Crippen LogP contribution in [0.3, 0.4) is 0 Å². The Hall–Kier alpha value is -3.54. The fourth-order valence-corrected chi connectivity index (χ4v) is 4.80. The van der Waals surface area contributed by atoms with Crippen LogP contribution in [0.2, 0.25) is 0 Å². The maximum Gasteiger partial charge on any atom is 0.323 e. The Labute approximate surface area is 197 Å². The minimum atomic E-state index is -0.278. The Bertz CT molecular complexity index is 1180. The lowest BCUT2D eigenvalue weighted by Gasteiger charge is -2.42. The highest BCUT2D eigenvalue weighted by Gasteiger charge is 2.29. The second kappa shape index (κ2) is 9.14. The molecule has 2 aliphatic heterocycles. The van der Waals surface area contributed by atoms with Gasteiger partial charge in [-0.1, -0.05) is 36.4 Å². The highest BCUT2D eigenvalue weighted by Crippen LogP contribution is 2.37. The average molecular weight is 460 g/mol. The minimum Gasteiger partial charge on any atom is -0.389 e. The van der Waals surface area contributed by atoms with Gasteiger partial charge < -0.3 is 19.8 Å². The van der Waals surface area contributed by atoms with Crippen LogP contribution in [0, 0.1) is 12.3 Å². The maximum absolute atomic E-state index is 12.6. The summed E-state index contributed by atoms with van der Waals surface area (Å²) in [6, 6.07) is 16.7. The van der Waals surface area contributed by atoms with E-state index in [-0.39, 0.29) is 12.1 Å². The molecule has 1 aromatic heterocycles. The molecule has 0 spiro atoms. The van der Waals surface area contributed by atoms with E-state index in [1.54, 1.807) is 10.3 Å². The smallest absolute Gasteiger partial charge is 0.323 e. The van der Waals surface area contributed by atoms with E-state index in [2.05, 4.69) is 56.4 Å². The predicted octanol–water partition coefficient (Wildman–Crippen LogP) is 3.33. The molecule has 2 saturated heterocycles.